The summed E-state index contributed by atoms with van der Waals surface area (Å²) >= 11 is 7.43. The minimum Gasteiger partial charge on any atom is -0.363 e. The fourth-order valence-electron chi connectivity index (χ4n) is 2.00. The molecule has 0 radical (unpaired) electrons. The van der Waals surface area contributed by atoms with Gasteiger partial charge in [-0.1, -0.05) is 12.1 Å². The number of nitrogens with zero attached hydrogens (tertiary/aromatic N) is 2. The third kappa shape index (κ3) is 2.59. The van der Waals surface area contributed by atoms with Gasteiger partial charge in [0.25, 0.3) is 0 Å². The molecule has 102 valence electrons. The Morgan fingerprint density at radius 1 is 1.30 bits per heavy atom. The highest BCUT2D eigenvalue weighted by Crippen LogP contribution is 2.29. The van der Waals surface area contributed by atoms with Crippen molar-refractivity contribution in [3.63, 3.8) is 0 Å². The van der Waals surface area contributed by atoms with Gasteiger partial charge in [0.2, 0.25) is 5.28 Å². The quantitative estimate of drug-likeness (QED) is 0.715. The van der Waals surface area contributed by atoms with Crippen molar-refractivity contribution in [1.82, 2.24) is 9.97 Å². The second-order valence-electron chi connectivity index (χ2n) is 4.40. The van der Waals surface area contributed by atoms with Gasteiger partial charge in [-0.25, -0.2) is 14.4 Å². The number of nitrogens with one attached hydrogen (secondary N) is 1. The number of anilines is 1. The lowest BCUT2D eigenvalue weighted by molar-refractivity contribution is 0.623. The van der Waals surface area contributed by atoms with Crippen LogP contribution in [-0.4, -0.2) is 9.97 Å². The van der Waals surface area contributed by atoms with Crippen molar-refractivity contribution in [2.75, 3.05) is 5.32 Å². The maximum Gasteiger partial charge on any atom is 0.225 e. The molecule has 2 heterocycles. The van der Waals surface area contributed by atoms with Gasteiger partial charge in [0.05, 0.1) is 11.4 Å². The molecule has 3 aromatic rings. The predicted octanol–water partition coefficient (Wildman–Crippen LogP) is 4.66. The molecule has 1 aromatic carbocycles. The summed E-state index contributed by atoms with van der Waals surface area (Å²) in [6.07, 6.45) is 0. The van der Waals surface area contributed by atoms with Gasteiger partial charge in [-0.3, -0.25) is 0 Å². The third-order valence-corrected chi connectivity index (χ3v) is 3.98. The van der Waals surface area contributed by atoms with Crippen LogP contribution < -0.4 is 5.32 Å². The minimum atomic E-state index is -0.252. The topological polar surface area (TPSA) is 37.8 Å². The van der Waals surface area contributed by atoms with Crippen molar-refractivity contribution >= 4 is 39.0 Å². The standard InChI is InChI=1S/C14H11ClFN3S/c1-8(9-3-2-4-10(16)7-9)17-12-11-5-6-20-13(11)19-14(15)18-12/h2-8H,1H3,(H,17,18,19)/t8-/m1/s1. The number of rotatable bonds is 3. The fraction of sp³-hybridized carbons (Fsp3) is 0.143. The highest BCUT2D eigenvalue weighted by atomic mass is 35.5. The molecule has 0 aliphatic rings. The van der Waals surface area contributed by atoms with Crippen molar-refractivity contribution < 1.29 is 4.39 Å². The fourth-order valence-corrected chi connectivity index (χ4v) is 2.99. The van der Waals surface area contributed by atoms with E-state index in [-0.39, 0.29) is 17.1 Å². The van der Waals surface area contributed by atoms with Crippen LogP contribution in [0.5, 0.6) is 0 Å². The Morgan fingerprint density at radius 2 is 2.15 bits per heavy atom. The average molecular weight is 308 g/mol. The minimum absolute atomic E-state index is 0.0835. The molecule has 3 nitrogen and oxygen atoms in total. The summed E-state index contributed by atoms with van der Waals surface area (Å²) in [5, 5.41) is 6.32. The second kappa shape index (κ2) is 5.34. The van der Waals surface area contributed by atoms with Gasteiger partial charge in [-0.2, -0.15) is 0 Å². The molecule has 0 bridgehead atoms. The van der Waals surface area contributed by atoms with E-state index in [0.29, 0.717) is 5.82 Å². The van der Waals surface area contributed by atoms with Crippen LogP contribution in [0.15, 0.2) is 35.7 Å². The smallest absolute Gasteiger partial charge is 0.225 e. The van der Waals surface area contributed by atoms with E-state index >= 15 is 0 Å². The number of hydrogen-bond acceptors (Lipinski definition) is 4. The van der Waals surface area contributed by atoms with E-state index in [1.54, 1.807) is 6.07 Å². The van der Waals surface area contributed by atoms with E-state index in [0.717, 1.165) is 15.8 Å². The molecule has 0 aliphatic carbocycles. The van der Waals surface area contributed by atoms with Crippen molar-refractivity contribution in [1.29, 1.82) is 0 Å². The molecule has 0 saturated heterocycles. The number of hydrogen-bond donors (Lipinski definition) is 1. The van der Waals surface area contributed by atoms with E-state index in [9.17, 15) is 4.39 Å². The predicted molar refractivity (Wildman–Crippen MR) is 80.9 cm³/mol. The molecular formula is C14H11ClFN3S. The molecule has 0 spiro atoms. The van der Waals surface area contributed by atoms with Gasteiger partial charge in [0.15, 0.2) is 0 Å². The molecule has 6 heteroatoms. The largest absolute Gasteiger partial charge is 0.363 e. The van der Waals surface area contributed by atoms with Gasteiger partial charge >= 0.3 is 0 Å². The zero-order valence-electron chi connectivity index (χ0n) is 10.6. The third-order valence-electron chi connectivity index (χ3n) is 3.00. The van der Waals surface area contributed by atoms with Gasteiger partial charge < -0.3 is 5.32 Å². The first-order valence-electron chi connectivity index (χ1n) is 6.06. The summed E-state index contributed by atoms with van der Waals surface area (Å²) < 4.78 is 13.3. The van der Waals surface area contributed by atoms with Gasteiger partial charge in [-0.05, 0) is 47.7 Å². The van der Waals surface area contributed by atoms with Crippen LogP contribution in [0.4, 0.5) is 10.2 Å². The van der Waals surface area contributed by atoms with Crippen molar-refractivity contribution in [2.24, 2.45) is 0 Å². The Bertz CT molecular complexity index is 759. The zero-order valence-corrected chi connectivity index (χ0v) is 12.2. The van der Waals surface area contributed by atoms with Crippen molar-refractivity contribution in [3.8, 4) is 0 Å². The molecular weight excluding hydrogens is 297 g/mol. The zero-order chi connectivity index (χ0) is 14.1. The van der Waals surface area contributed by atoms with Gasteiger partial charge in [0, 0.05) is 0 Å². The maximum atomic E-state index is 13.3. The van der Waals surface area contributed by atoms with Crippen LogP contribution in [0.2, 0.25) is 5.28 Å². The lowest BCUT2D eigenvalue weighted by Crippen LogP contribution is -2.08. The Balaban J connectivity index is 1.94. The lowest BCUT2D eigenvalue weighted by Gasteiger charge is -2.15. The monoisotopic (exact) mass is 307 g/mol. The average Bonchev–Trinajstić information content (AvgIpc) is 2.86. The molecule has 0 unspecified atom stereocenters. The van der Waals surface area contributed by atoms with Crippen molar-refractivity contribution in [2.45, 2.75) is 13.0 Å². The Kier molecular flexibility index (Phi) is 3.54. The Morgan fingerprint density at radius 3 is 2.95 bits per heavy atom. The Labute approximate surface area is 124 Å². The SMILES string of the molecule is C[C@@H](Nc1nc(Cl)nc2sccc12)c1cccc(F)c1. The van der Waals surface area contributed by atoms with Gasteiger partial charge in [0.1, 0.15) is 16.5 Å². The molecule has 1 atom stereocenters. The number of halogens is 2. The maximum absolute atomic E-state index is 13.3. The molecule has 0 fully saturated rings. The summed E-state index contributed by atoms with van der Waals surface area (Å²) in [5.41, 5.74) is 0.850. The van der Waals surface area contributed by atoms with Crippen LogP contribution >= 0.6 is 22.9 Å². The number of fused-ring (bicyclic) bond motifs is 1. The van der Waals surface area contributed by atoms with Gasteiger partial charge in [-0.15, -0.1) is 11.3 Å². The molecule has 0 amide bonds. The van der Waals surface area contributed by atoms with E-state index in [4.69, 9.17) is 11.6 Å². The first-order valence-corrected chi connectivity index (χ1v) is 7.32. The molecule has 1 N–H and O–H groups in total. The molecule has 3 rings (SSSR count). The first-order chi connectivity index (χ1) is 9.63. The molecule has 0 saturated carbocycles. The van der Waals surface area contributed by atoms with Crippen LogP contribution in [-0.2, 0) is 0 Å². The number of benzene rings is 1. The summed E-state index contributed by atoms with van der Waals surface area (Å²) in [5.74, 6) is 0.413. The number of aromatic nitrogens is 2. The summed E-state index contributed by atoms with van der Waals surface area (Å²) in [7, 11) is 0. The van der Waals surface area contributed by atoms with Crippen molar-refractivity contribution in [3.05, 3.63) is 52.4 Å². The normalized spacial score (nSPS) is 12.6. The molecule has 20 heavy (non-hydrogen) atoms. The molecule has 2 aromatic heterocycles. The van der Waals surface area contributed by atoms with Crippen LogP contribution in [0.25, 0.3) is 10.2 Å². The summed E-state index contributed by atoms with van der Waals surface area (Å²) in [4.78, 5) is 9.21. The first kappa shape index (κ1) is 13.3. The van der Waals surface area contributed by atoms with E-state index < -0.39 is 0 Å². The highest BCUT2D eigenvalue weighted by Gasteiger charge is 2.12. The molecule has 0 aliphatic heterocycles. The second-order valence-corrected chi connectivity index (χ2v) is 5.63. The lowest BCUT2D eigenvalue weighted by atomic mass is 10.1. The van der Waals surface area contributed by atoms with Crippen LogP contribution in [0.3, 0.4) is 0 Å². The van der Waals surface area contributed by atoms with E-state index in [1.165, 1.54) is 23.5 Å². The highest BCUT2D eigenvalue weighted by molar-refractivity contribution is 7.16. The number of thiophene rings is 1. The Hall–Kier alpha value is -1.72. The van der Waals surface area contributed by atoms with Crippen LogP contribution in [0.1, 0.15) is 18.5 Å². The van der Waals surface area contributed by atoms with E-state index in [1.807, 2.05) is 24.4 Å². The summed E-state index contributed by atoms with van der Waals surface area (Å²) in [6.45, 7) is 1.95. The summed E-state index contributed by atoms with van der Waals surface area (Å²) in [6, 6.07) is 8.35. The van der Waals surface area contributed by atoms with Crippen LogP contribution in [0, 0.1) is 5.82 Å². The van der Waals surface area contributed by atoms with E-state index in [2.05, 4.69) is 15.3 Å².